The van der Waals surface area contributed by atoms with Gasteiger partial charge in [-0.15, -0.1) is 0 Å². The Morgan fingerprint density at radius 2 is 2.10 bits per heavy atom. The number of amides is 1. The molecule has 1 amide bonds. The highest BCUT2D eigenvalue weighted by Gasteiger charge is 2.25. The quantitative estimate of drug-likeness (QED) is 0.759. The van der Waals surface area contributed by atoms with Crippen molar-refractivity contribution in [1.29, 1.82) is 0 Å². The summed E-state index contributed by atoms with van der Waals surface area (Å²) < 4.78 is 6.43. The highest BCUT2D eigenvalue weighted by atomic mass is 16.5. The molecule has 0 fully saturated rings. The molecule has 0 aliphatic heterocycles. The lowest BCUT2D eigenvalue weighted by atomic mass is 10.3. The van der Waals surface area contributed by atoms with Gasteiger partial charge in [0.1, 0.15) is 17.7 Å². The molecule has 20 heavy (non-hydrogen) atoms. The van der Waals surface area contributed by atoms with Crippen LogP contribution >= 0.6 is 0 Å². The van der Waals surface area contributed by atoms with E-state index in [4.69, 9.17) is 10.5 Å². The second-order valence-corrected chi connectivity index (χ2v) is 4.45. The maximum absolute atomic E-state index is 12.0. The summed E-state index contributed by atoms with van der Waals surface area (Å²) in [6.07, 6.45) is 0.852. The molecule has 0 saturated heterocycles. The van der Waals surface area contributed by atoms with Crippen LogP contribution in [-0.2, 0) is 9.53 Å². The first kappa shape index (κ1) is 16.0. The van der Waals surface area contributed by atoms with Crippen molar-refractivity contribution in [2.24, 2.45) is 0 Å². The first-order valence-electron chi connectivity index (χ1n) is 6.73. The third-order valence-corrected chi connectivity index (χ3v) is 2.91. The molecule has 0 aliphatic rings. The Morgan fingerprint density at radius 3 is 2.65 bits per heavy atom. The van der Waals surface area contributed by atoms with Crippen LogP contribution in [0.25, 0.3) is 0 Å². The molecule has 1 atom stereocenters. The van der Waals surface area contributed by atoms with Crippen molar-refractivity contribution in [2.45, 2.75) is 40.2 Å². The smallest absolute Gasteiger partial charge is 0.360 e. The lowest BCUT2D eigenvalue weighted by Gasteiger charge is -2.16. The number of hydrogen-bond acceptors (Lipinski definition) is 5. The van der Waals surface area contributed by atoms with Gasteiger partial charge in [-0.05, 0) is 27.2 Å². The van der Waals surface area contributed by atoms with Crippen LogP contribution in [0.1, 0.15) is 49.5 Å². The van der Waals surface area contributed by atoms with Crippen molar-refractivity contribution < 1.29 is 14.3 Å². The molecule has 1 aromatic heterocycles. The predicted molar refractivity (Wildman–Crippen MR) is 75.3 cm³/mol. The van der Waals surface area contributed by atoms with E-state index in [-0.39, 0.29) is 24.0 Å². The van der Waals surface area contributed by atoms with Gasteiger partial charge in [0.2, 0.25) is 5.91 Å². The minimum Gasteiger partial charge on any atom is -0.461 e. The topological polar surface area (TPSA) is 99.2 Å². The van der Waals surface area contributed by atoms with Crippen LogP contribution in [0.2, 0.25) is 0 Å². The number of carbonyl (C=O) groups excluding carboxylic acids is 2. The fraction of sp³-hybridized carbons (Fsp3) is 0.615. The van der Waals surface area contributed by atoms with Gasteiger partial charge in [0, 0.05) is 6.54 Å². The summed E-state index contributed by atoms with van der Waals surface area (Å²) in [6.45, 7) is 7.94. The standard InChI is InChI=1S/C13H22N4O3/c1-5-7-15-12(18)8(3)17-9(4)16-10(11(17)14)13(19)20-6-2/h8H,5-7,14H2,1-4H3,(H,15,18). The van der Waals surface area contributed by atoms with Crippen molar-refractivity contribution in [3.8, 4) is 0 Å². The Balaban J connectivity index is 3.01. The number of esters is 1. The molecule has 1 heterocycles. The zero-order valence-corrected chi connectivity index (χ0v) is 12.4. The van der Waals surface area contributed by atoms with Crippen LogP contribution < -0.4 is 11.1 Å². The highest BCUT2D eigenvalue weighted by Crippen LogP contribution is 2.21. The Labute approximate surface area is 118 Å². The first-order chi connectivity index (χ1) is 9.43. The van der Waals surface area contributed by atoms with Crippen molar-refractivity contribution in [3.05, 3.63) is 11.5 Å². The highest BCUT2D eigenvalue weighted by molar-refractivity contribution is 5.93. The van der Waals surface area contributed by atoms with Gasteiger partial charge in [-0.3, -0.25) is 4.79 Å². The minimum absolute atomic E-state index is 0.0551. The van der Waals surface area contributed by atoms with Crippen LogP contribution in [0.15, 0.2) is 0 Å². The molecular weight excluding hydrogens is 260 g/mol. The average molecular weight is 282 g/mol. The summed E-state index contributed by atoms with van der Waals surface area (Å²) in [6, 6.07) is -0.530. The molecule has 112 valence electrons. The van der Waals surface area contributed by atoms with Gasteiger partial charge >= 0.3 is 5.97 Å². The summed E-state index contributed by atoms with van der Waals surface area (Å²) in [5.41, 5.74) is 5.98. The zero-order valence-electron chi connectivity index (χ0n) is 12.4. The van der Waals surface area contributed by atoms with Gasteiger partial charge < -0.3 is 20.4 Å². The molecule has 7 nitrogen and oxygen atoms in total. The van der Waals surface area contributed by atoms with Gasteiger partial charge in [-0.25, -0.2) is 9.78 Å². The van der Waals surface area contributed by atoms with E-state index >= 15 is 0 Å². The molecule has 3 N–H and O–H groups in total. The number of ether oxygens (including phenoxy) is 1. The van der Waals surface area contributed by atoms with E-state index in [1.54, 1.807) is 20.8 Å². The third kappa shape index (κ3) is 3.28. The van der Waals surface area contributed by atoms with Crippen molar-refractivity contribution in [2.75, 3.05) is 18.9 Å². The van der Waals surface area contributed by atoms with E-state index in [0.717, 1.165) is 6.42 Å². The molecule has 0 spiro atoms. The van der Waals surface area contributed by atoms with Crippen molar-refractivity contribution in [3.63, 3.8) is 0 Å². The first-order valence-corrected chi connectivity index (χ1v) is 6.73. The van der Waals surface area contributed by atoms with E-state index in [0.29, 0.717) is 12.4 Å². The summed E-state index contributed by atoms with van der Waals surface area (Å²) >= 11 is 0. The Morgan fingerprint density at radius 1 is 1.45 bits per heavy atom. The van der Waals surface area contributed by atoms with Gasteiger partial charge in [0.25, 0.3) is 0 Å². The Kier molecular flexibility index (Phi) is 5.54. The molecule has 0 radical (unpaired) electrons. The largest absolute Gasteiger partial charge is 0.461 e. The number of nitrogens with zero attached hydrogens (tertiary/aromatic N) is 2. The summed E-state index contributed by atoms with van der Waals surface area (Å²) in [7, 11) is 0. The molecule has 7 heteroatoms. The fourth-order valence-corrected chi connectivity index (χ4v) is 1.91. The third-order valence-electron chi connectivity index (χ3n) is 2.91. The predicted octanol–water partition coefficient (Wildman–Crippen LogP) is 1.04. The molecule has 0 bridgehead atoms. The molecular formula is C13H22N4O3. The number of carbonyl (C=O) groups is 2. The van der Waals surface area contributed by atoms with E-state index in [1.165, 1.54) is 4.57 Å². The van der Waals surface area contributed by atoms with Gasteiger partial charge in [-0.1, -0.05) is 6.92 Å². The van der Waals surface area contributed by atoms with E-state index in [1.807, 2.05) is 6.92 Å². The minimum atomic E-state index is -0.576. The van der Waals surface area contributed by atoms with Crippen LogP contribution in [0.4, 0.5) is 5.82 Å². The lowest BCUT2D eigenvalue weighted by molar-refractivity contribution is -0.123. The molecule has 1 unspecified atom stereocenters. The number of aromatic nitrogens is 2. The normalized spacial score (nSPS) is 12.0. The summed E-state index contributed by atoms with van der Waals surface area (Å²) in [5.74, 6) is -0.0766. The monoisotopic (exact) mass is 282 g/mol. The molecule has 0 saturated carbocycles. The second-order valence-electron chi connectivity index (χ2n) is 4.45. The number of hydrogen-bond donors (Lipinski definition) is 2. The van der Waals surface area contributed by atoms with Crippen molar-refractivity contribution >= 4 is 17.7 Å². The lowest BCUT2D eigenvalue weighted by Crippen LogP contribution is -2.32. The Hall–Kier alpha value is -2.05. The van der Waals surface area contributed by atoms with Crippen LogP contribution in [0.5, 0.6) is 0 Å². The van der Waals surface area contributed by atoms with Gasteiger partial charge in [0.15, 0.2) is 5.69 Å². The Bertz CT molecular complexity index is 496. The maximum atomic E-state index is 12.0. The number of nitrogen functional groups attached to an aromatic ring is 1. The van der Waals surface area contributed by atoms with Gasteiger partial charge in [0.05, 0.1) is 6.61 Å². The summed E-state index contributed by atoms with van der Waals surface area (Å²) in [4.78, 5) is 27.8. The molecule has 1 rings (SSSR count). The van der Waals surface area contributed by atoms with Crippen LogP contribution in [0, 0.1) is 6.92 Å². The van der Waals surface area contributed by atoms with E-state index < -0.39 is 12.0 Å². The zero-order chi connectivity index (χ0) is 15.3. The maximum Gasteiger partial charge on any atom is 0.360 e. The average Bonchev–Trinajstić information content (AvgIpc) is 2.71. The van der Waals surface area contributed by atoms with E-state index in [9.17, 15) is 9.59 Å². The number of anilines is 1. The van der Waals surface area contributed by atoms with Gasteiger partial charge in [-0.2, -0.15) is 0 Å². The number of aryl methyl sites for hydroxylation is 1. The number of nitrogens with two attached hydrogens (primary N) is 1. The summed E-state index contributed by atoms with van der Waals surface area (Å²) in [5, 5.41) is 2.79. The molecule has 0 aliphatic carbocycles. The fourth-order valence-electron chi connectivity index (χ4n) is 1.91. The molecule has 1 aromatic rings. The number of imidazole rings is 1. The van der Waals surface area contributed by atoms with Crippen molar-refractivity contribution in [1.82, 2.24) is 14.9 Å². The molecule has 0 aromatic carbocycles. The number of rotatable bonds is 6. The SMILES string of the molecule is CCCNC(=O)C(C)n1c(C)nc(C(=O)OCC)c1N. The second kappa shape index (κ2) is 6.93. The van der Waals surface area contributed by atoms with E-state index in [2.05, 4.69) is 10.3 Å². The number of nitrogens with one attached hydrogen (secondary N) is 1. The van der Waals surface area contributed by atoms with Crippen LogP contribution in [0.3, 0.4) is 0 Å². The van der Waals surface area contributed by atoms with Crippen LogP contribution in [-0.4, -0.2) is 34.6 Å².